The molecular formula is C15H19Cl2N3OS. The molecule has 4 nitrogen and oxygen atoms in total. The second-order valence-electron chi connectivity index (χ2n) is 5.59. The monoisotopic (exact) mass is 359 g/mol. The van der Waals surface area contributed by atoms with E-state index >= 15 is 0 Å². The van der Waals surface area contributed by atoms with Gasteiger partial charge in [-0.15, -0.1) is 23.7 Å². The van der Waals surface area contributed by atoms with Crippen molar-refractivity contribution in [3.05, 3.63) is 28.2 Å². The highest BCUT2D eigenvalue weighted by atomic mass is 35.5. The average Bonchev–Trinajstić information content (AvgIpc) is 3.05. The molecule has 0 unspecified atom stereocenters. The molecule has 3 rings (SSSR count). The SMILES string of the molecule is Cl.NC1(C(=O)NCCc2nc3cc(Cl)ccc3s2)CCCC1. The minimum Gasteiger partial charge on any atom is -0.354 e. The van der Waals surface area contributed by atoms with Crippen molar-refractivity contribution in [2.45, 2.75) is 37.6 Å². The van der Waals surface area contributed by atoms with Crippen molar-refractivity contribution >= 4 is 51.5 Å². The fourth-order valence-corrected chi connectivity index (χ4v) is 3.86. The normalized spacial score (nSPS) is 16.5. The van der Waals surface area contributed by atoms with Gasteiger partial charge in [-0.1, -0.05) is 24.4 Å². The van der Waals surface area contributed by atoms with Gasteiger partial charge >= 0.3 is 0 Å². The lowest BCUT2D eigenvalue weighted by Crippen LogP contribution is -2.52. The van der Waals surface area contributed by atoms with Crippen LogP contribution in [0.3, 0.4) is 0 Å². The summed E-state index contributed by atoms with van der Waals surface area (Å²) >= 11 is 7.59. The summed E-state index contributed by atoms with van der Waals surface area (Å²) < 4.78 is 1.12. The van der Waals surface area contributed by atoms with Gasteiger partial charge in [0, 0.05) is 18.0 Å². The van der Waals surface area contributed by atoms with Gasteiger partial charge in [-0.2, -0.15) is 0 Å². The number of aromatic nitrogens is 1. The number of benzene rings is 1. The number of hydrogen-bond donors (Lipinski definition) is 2. The summed E-state index contributed by atoms with van der Waals surface area (Å²) in [4.78, 5) is 16.6. The van der Waals surface area contributed by atoms with Crippen LogP contribution in [-0.4, -0.2) is 23.0 Å². The van der Waals surface area contributed by atoms with E-state index in [0.717, 1.165) is 47.3 Å². The van der Waals surface area contributed by atoms with Crippen LogP contribution in [-0.2, 0) is 11.2 Å². The maximum Gasteiger partial charge on any atom is 0.240 e. The number of fused-ring (bicyclic) bond motifs is 1. The minimum atomic E-state index is -0.652. The van der Waals surface area contributed by atoms with Crippen LogP contribution in [0.5, 0.6) is 0 Å². The van der Waals surface area contributed by atoms with Gasteiger partial charge in [0.25, 0.3) is 0 Å². The second-order valence-corrected chi connectivity index (χ2v) is 7.14. The first kappa shape index (κ1) is 17.5. The van der Waals surface area contributed by atoms with Gasteiger partial charge < -0.3 is 11.1 Å². The zero-order valence-electron chi connectivity index (χ0n) is 12.1. The van der Waals surface area contributed by atoms with E-state index in [4.69, 9.17) is 17.3 Å². The molecule has 0 aliphatic heterocycles. The maximum absolute atomic E-state index is 12.1. The lowest BCUT2D eigenvalue weighted by molar-refractivity contribution is -0.126. The maximum atomic E-state index is 12.1. The van der Waals surface area contributed by atoms with Crippen molar-refractivity contribution < 1.29 is 4.79 Å². The van der Waals surface area contributed by atoms with Crippen molar-refractivity contribution in [1.82, 2.24) is 10.3 Å². The molecule has 120 valence electrons. The highest BCUT2D eigenvalue weighted by Gasteiger charge is 2.36. The molecule has 0 saturated heterocycles. The number of nitrogens with one attached hydrogen (secondary N) is 1. The first-order valence-electron chi connectivity index (χ1n) is 7.19. The summed E-state index contributed by atoms with van der Waals surface area (Å²) in [6.45, 7) is 0.575. The fraction of sp³-hybridized carbons (Fsp3) is 0.467. The van der Waals surface area contributed by atoms with Gasteiger partial charge in [0.15, 0.2) is 0 Å². The third kappa shape index (κ3) is 3.71. The van der Waals surface area contributed by atoms with Crippen LogP contribution in [0.25, 0.3) is 10.2 Å². The van der Waals surface area contributed by atoms with E-state index in [1.807, 2.05) is 18.2 Å². The van der Waals surface area contributed by atoms with Crippen molar-refractivity contribution in [3.63, 3.8) is 0 Å². The third-order valence-electron chi connectivity index (χ3n) is 3.97. The van der Waals surface area contributed by atoms with E-state index in [1.165, 1.54) is 0 Å². The Hall–Kier alpha value is -0.880. The molecule has 1 aromatic carbocycles. The van der Waals surface area contributed by atoms with Gasteiger partial charge in [0.1, 0.15) is 0 Å². The largest absolute Gasteiger partial charge is 0.354 e. The molecular weight excluding hydrogens is 341 g/mol. The fourth-order valence-electron chi connectivity index (χ4n) is 2.75. The summed E-state index contributed by atoms with van der Waals surface area (Å²) in [6, 6.07) is 5.71. The number of thiazole rings is 1. The molecule has 0 spiro atoms. The summed E-state index contributed by atoms with van der Waals surface area (Å²) in [6.07, 6.45) is 4.39. The predicted octanol–water partition coefficient (Wildman–Crippen LogP) is 3.30. The Labute approximate surface area is 144 Å². The molecule has 22 heavy (non-hydrogen) atoms. The Balaban J connectivity index is 0.00000176. The molecule has 1 saturated carbocycles. The number of carbonyl (C=O) groups is 1. The van der Waals surface area contributed by atoms with Crippen LogP contribution in [0.1, 0.15) is 30.7 Å². The van der Waals surface area contributed by atoms with Crippen LogP contribution in [0, 0.1) is 0 Å². The van der Waals surface area contributed by atoms with Crippen LogP contribution in [0.15, 0.2) is 18.2 Å². The smallest absolute Gasteiger partial charge is 0.240 e. The third-order valence-corrected chi connectivity index (χ3v) is 5.30. The van der Waals surface area contributed by atoms with Gasteiger partial charge in [-0.05, 0) is 31.0 Å². The van der Waals surface area contributed by atoms with Crippen molar-refractivity contribution in [3.8, 4) is 0 Å². The summed E-state index contributed by atoms with van der Waals surface area (Å²) in [5.74, 6) is -0.0239. The molecule has 0 bridgehead atoms. The van der Waals surface area contributed by atoms with Gasteiger partial charge in [0.05, 0.1) is 20.8 Å². The molecule has 1 aliphatic rings. The van der Waals surface area contributed by atoms with E-state index in [1.54, 1.807) is 11.3 Å². The van der Waals surface area contributed by atoms with Crippen LogP contribution in [0.4, 0.5) is 0 Å². The highest BCUT2D eigenvalue weighted by Crippen LogP contribution is 2.27. The summed E-state index contributed by atoms with van der Waals surface area (Å²) in [5, 5.41) is 4.64. The quantitative estimate of drug-likeness (QED) is 0.879. The molecule has 0 atom stereocenters. The lowest BCUT2D eigenvalue weighted by Gasteiger charge is -2.21. The predicted molar refractivity (Wildman–Crippen MR) is 94.0 cm³/mol. The Morgan fingerprint density at radius 2 is 2.14 bits per heavy atom. The molecule has 1 aliphatic carbocycles. The Bertz CT molecular complexity index is 668. The zero-order valence-corrected chi connectivity index (χ0v) is 14.5. The van der Waals surface area contributed by atoms with Crippen molar-refractivity contribution in [1.29, 1.82) is 0 Å². The van der Waals surface area contributed by atoms with Crippen molar-refractivity contribution in [2.75, 3.05) is 6.54 Å². The molecule has 1 amide bonds. The molecule has 3 N–H and O–H groups in total. The van der Waals surface area contributed by atoms with E-state index < -0.39 is 5.54 Å². The number of nitrogens with two attached hydrogens (primary N) is 1. The second kappa shape index (κ2) is 7.13. The summed E-state index contributed by atoms with van der Waals surface area (Å²) in [7, 11) is 0. The average molecular weight is 360 g/mol. The Morgan fingerprint density at radius 3 is 2.86 bits per heavy atom. The molecule has 7 heteroatoms. The Morgan fingerprint density at radius 1 is 1.41 bits per heavy atom. The minimum absolute atomic E-state index is 0. The molecule has 1 fully saturated rings. The number of carbonyl (C=O) groups excluding carboxylic acids is 1. The van der Waals surface area contributed by atoms with Crippen LogP contribution in [0.2, 0.25) is 5.02 Å². The molecule has 2 aromatic rings. The Kier molecular flexibility index (Phi) is 5.66. The van der Waals surface area contributed by atoms with E-state index in [0.29, 0.717) is 11.6 Å². The number of amides is 1. The first-order chi connectivity index (χ1) is 10.1. The van der Waals surface area contributed by atoms with E-state index in [2.05, 4.69) is 10.3 Å². The zero-order chi connectivity index (χ0) is 14.9. The number of hydrogen-bond acceptors (Lipinski definition) is 4. The number of halogens is 2. The van der Waals surface area contributed by atoms with Gasteiger partial charge in [0.2, 0.25) is 5.91 Å². The van der Waals surface area contributed by atoms with Crippen LogP contribution >= 0.6 is 35.3 Å². The number of rotatable bonds is 4. The van der Waals surface area contributed by atoms with Crippen LogP contribution < -0.4 is 11.1 Å². The topological polar surface area (TPSA) is 68.0 Å². The van der Waals surface area contributed by atoms with Gasteiger partial charge in [-0.25, -0.2) is 4.98 Å². The molecule has 1 aromatic heterocycles. The molecule has 0 radical (unpaired) electrons. The van der Waals surface area contributed by atoms with E-state index in [9.17, 15) is 4.79 Å². The lowest BCUT2D eigenvalue weighted by atomic mass is 9.98. The standard InChI is InChI=1S/C15H18ClN3OS.ClH/c16-10-3-4-12-11(9-10)19-13(21-12)5-8-18-14(20)15(17)6-1-2-7-15;/h3-4,9H,1-2,5-8,17H2,(H,18,20);1H. The van der Waals surface area contributed by atoms with Crippen molar-refractivity contribution in [2.24, 2.45) is 5.73 Å². The summed E-state index contributed by atoms with van der Waals surface area (Å²) in [5.41, 5.74) is 6.39. The van der Waals surface area contributed by atoms with Gasteiger partial charge in [-0.3, -0.25) is 4.79 Å². The van der Waals surface area contributed by atoms with E-state index in [-0.39, 0.29) is 18.3 Å². The highest BCUT2D eigenvalue weighted by molar-refractivity contribution is 7.18. The molecule has 1 heterocycles. The number of nitrogens with zero attached hydrogens (tertiary/aromatic N) is 1. The first-order valence-corrected chi connectivity index (χ1v) is 8.38.